The molecular formula is C21H25N3O2. The Bertz CT molecular complexity index is 761. The predicted octanol–water partition coefficient (Wildman–Crippen LogP) is 3.01. The number of amides is 2. The van der Waals surface area contributed by atoms with E-state index in [-0.39, 0.29) is 17.9 Å². The minimum absolute atomic E-state index is 0.0375. The molecule has 1 aliphatic heterocycles. The van der Waals surface area contributed by atoms with Crippen molar-refractivity contribution in [2.75, 3.05) is 6.54 Å². The summed E-state index contributed by atoms with van der Waals surface area (Å²) in [6.07, 6.45) is 3.22. The topological polar surface area (TPSA) is 62.3 Å². The Morgan fingerprint density at radius 1 is 1.15 bits per heavy atom. The zero-order valence-electron chi connectivity index (χ0n) is 15.1. The number of hydrogen-bond acceptors (Lipinski definition) is 3. The van der Waals surface area contributed by atoms with Crippen LogP contribution in [-0.2, 0) is 22.6 Å². The summed E-state index contributed by atoms with van der Waals surface area (Å²) in [5, 5.41) is 2.77. The summed E-state index contributed by atoms with van der Waals surface area (Å²) in [5.41, 5.74) is 2.92. The normalized spacial score (nSPS) is 16.5. The Morgan fingerprint density at radius 2 is 1.96 bits per heavy atom. The molecule has 0 spiro atoms. The van der Waals surface area contributed by atoms with Gasteiger partial charge >= 0.3 is 0 Å². The van der Waals surface area contributed by atoms with Gasteiger partial charge in [-0.25, -0.2) is 0 Å². The van der Waals surface area contributed by atoms with E-state index in [1.165, 1.54) is 12.5 Å². The summed E-state index contributed by atoms with van der Waals surface area (Å²) in [4.78, 5) is 30.5. The van der Waals surface area contributed by atoms with Crippen LogP contribution in [0.3, 0.4) is 0 Å². The zero-order valence-corrected chi connectivity index (χ0v) is 15.1. The quantitative estimate of drug-likeness (QED) is 0.870. The standard InChI is InChI=1S/C21H25N3O2/c1-16(25)22-15-18-9-5-10-19(23-18)20-11-6-14-24(20)21(26)13-12-17-7-3-2-4-8-17/h2-5,7-10,20H,6,11-15H2,1H3,(H,22,25)/t20-/m0/s1. The Hall–Kier alpha value is -2.69. The molecular weight excluding hydrogens is 326 g/mol. The third kappa shape index (κ3) is 4.69. The van der Waals surface area contributed by atoms with Gasteiger partial charge in [0.15, 0.2) is 0 Å². The maximum atomic E-state index is 12.7. The fourth-order valence-corrected chi connectivity index (χ4v) is 3.41. The molecule has 1 fully saturated rings. The van der Waals surface area contributed by atoms with Crippen LogP contribution in [0.15, 0.2) is 48.5 Å². The van der Waals surface area contributed by atoms with Crippen LogP contribution in [-0.4, -0.2) is 28.2 Å². The van der Waals surface area contributed by atoms with Gasteiger partial charge in [-0.2, -0.15) is 0 Å². The lowest BCUT2D eigenvalue weighted by molar-refractivity contribution is -0.132. The lowest BCUT2D eigenvalue weighted by atomic mass is 10.1. The fourth-order valence-electron chi connectivity index (χ4n) is 3.41. The maximum absolute atomic E-state index is 12.7. The van der Waals surface area contributed by atoms with Gasteiger partial charge in [0.2, 0.25) is 11.8 Å². The monoisotopic (exact) mass is 351 g/mol. The van der Waals surface area contributed by atoms with Gasteiger partial charge in [-0.05, 0) is 37.0 Å². The average Bonchev–Trinajstić information content (AvgIpc) is 3.15. The second-order valence-electron chi connectivity index (χ2n) is 6.69. The first-order valence-electron chi connectivity index (χ1n) is 9.17. The van der Waals surface area contributed by atoms with Crippen molar-refractivity contribution in [2.45, 2.75) is 45.2 Å². The van der Waals surface area contributed by atoms with Gasteiger partial charge in [-0.3, -0.25) is 14.6 Å². The van der Waals surface area contributed by atoms with E-state index in [1.54, 1.807) is 0 Å². The highest BCUT2D eigenvalue weighted by Gasteiger charge is 2.30. The highest BCUT2D eigenvalue weighted by atomic mass is 16.2. The Kier molecular flexibility index (Phi) is 6.00. The van der Waals surface area contributed by atoms with E-state index in [1.807, 2.05) is 41.3 Å². The van der Waals surface area contributed by atoms with Gasteiger partial charge in [-0.15, -0.1) is 0 Å². The lowest BCUT2D eigenvalue weighted by Gasteiger charge is -2.25. The predicted molar refractivity (Wildman–Crippen MR) is 100 cm³/mol. The largest absolute Gasteiger partial charge is 0.351 e. The Balaban J connectivity index is 1.64. The first-order valence-corrected chi connectivity index (χ1v) is 9.17. The Labute approximate surface area is 154 Å². The first-order chi connectivity index (χ1) is 12.6. The summed E-state index contributed by atoms with van der Waals surface area (Å²) in [5.74, 6) is 0.112. The number of carbonyl (C=O) groups is 2. The van der Waals surface area contributed by atoms with Crippen molar-refractivity contribution in [3.8, 4) is 0 Å². The smallest absolute Gasteiger partial charge is 0.223 e. The second kappa shape index (κ2) is 8.61. The molecule has 1 aromatic carbocycles. The number of rotatable bonds is 6. The number of hydrogen-bond donors (Lipinski definition) is 1. The van der Waals surface area contributed by atoms with Crippen LogP contribution in [0.2, 0.25) is 0 Å². The van der Waals surface area contributed by atoms with Crippen molar-refractivity contribution in [3.63, 3.8) is 0 Å². The van der Waals surface area contributed by atoms with Crippen molar-refractivity contribution in [1.29, 1.82) is 0 Å². The van der Waals surface area contributed by atoms with Gasteiger partial charge in [0.25, 0.3) is 0 Å². The minimum Gasteiger partial charge on any atom is -0.351 e. The molecule has 3 rings (SSSR count). The summed E-state index contributed by atoms with van der Waals surface area (Å²) in [6, 6.07) is 16.0. The summed E-state index contributed by atoms with van der Waals surface area (Å²) in [6.45, 7) is 2.70. The molecule has 2 aromatic rings. The molecule has 1 aromatic heterocycles. The van der Waals surface area contributed by atoms with Crippen LogP contribution in [0.5, 0.6) is 0 Å². The van der Waals surface area contributed by atoms with E-state index in [0.717, 1.165) is 37.2 Å². The zero-order chi connectivity index (χ0) is 18.4. The van der Waals surface area contributed by atoms with Gasteiger partial charge in [0.05, 0.1) is 24.0 Å². The number of benzene rings is 1. The van der Waals surface area contributed by atoms with Crippen LogP contribution in [0.1, 0.15) is 49.2 Å². The number of pyridine rings is 1. The maximum Gasteiger partial charge on any atom is 0.223 e. The molecule has 1 saturated heterocycles. The molecule has 1 aliphatic rings. The van der Waals surface area contributed by atoms with E-state index >= 15 is 0 Å². The van der Waals surface area contributed by atoms with E-state index in [4.69, 9.17) is 0 Å². The summed E-state index contributed by atoms with van der Waals surface area (Å²) >= 11 is 0. The highest BCUT2D eigenvalue weighted by molar-refractivity contribution is 5.77. The van der Waals surface area contributed by atoms with Crippen LogP contribution in [0.4, 0.5) is 0 Å². The number of aromatic nitrogens is 1. The van der Waals surface area contributed by atoms with Gasteiger partial charge in [0, 0.05) is 19.9 Å². The molecule has 0 unspecified atom stereocenters. The molecule has 0 aliphatic carbocycles. The van der Waals surface area contributed by atoms with Crippen molar-refractivity contribution in [3.05, 3.63) is 65.5 Å². The summed E-state index contributed by atoms with van der Waals surface area (Å²) < 4.78 is 0. The van der Waals surface area contributed by atoms with Crippen LogP contribution >= 0.6 is 0 Å². The highest BCUT2D eigenvalue weighted by Crippen LogP contribution is 2.31. The van der Waals surface area contributed by atoms with Crippen molar-refractivity contribution in [1.82, 2.24) is 15.2 Å². The lowest BCUT2D eigenvalue weighted by Crippen LogP contribution is -2.31. The van der Waals surface area contributed by atoms with E-state index < -0.39 is 0 Å². The van der Waals surface area contributed by atoms with Crippen LogP contribution < -0.4 is 5.32 Å². The number of nitrogens with zero attached hydrogens (tertiary/aromatic N) is 2. The molecule has 136 valence electrons. The van der Waals surface area contributed by atoms with Crippen molar-refractivity contribution >= 4 is 11.8 Å². The summed E-state index contributed by atoms with van der Waals surface area (Å²) in [7, 11) is 0. The van der Waals surface area contributed by atoms with E-state index in [0.29, 0.717) is 13.0 Å². The molecule has 0 saturated carbocycles. The number of likely N-dealkylation sites (tertiary alicyclic amines) is 1. The Morgan fingerprint density at radius 3 is 2.73 bits per heavy atom. The minimum atomic E-state index is -0.0733. The van der Waals surface area contributed by atoms with E-state index in [2.05, 4.69) is 22.4 Å². The number of aryl methyl sites for hydroxylation is 1. The molecule has 2 heterocycles. The average molecular weight is 351 g/mol. The molecule has 5 nitrogen and oxygen atoms in total. The molecule has 26 heavy (non-hydrogen) atoms. The number of carbonyl (C=O) groups excluding carboxylic acids is 2. The second-order valence-corrected chi connectivity index (χ2v) is 6.69. The van der Waals surface area contributed by atoms with Crippen LogP contribution in [0.25, 0.3) is 0 Å². The van der Waals surface area contributed by atoms with Crippen LogP contribution in [0, 0.1) is 0 Å². The third-order valence-corrected chi connectivity index (χ3v) is 4.73. The van der Waals surface area contributed by atoms with Crippen molar-refractivity contribution in [2.24, 2.45) is 0 Å². The molecule has 1 N–H and O–H groups in total. The third-order valence-electron chi connectivity index (χ3n) is 4.73. The molecule has 2 amide bonds. The van der Waals surface area contributed by atoms with Gasteiger partial charge in [-0.1, -0.05) is 36.4 Å². The van der Waals surface area contributed by atoms with Gasteiger partial charge in [0.1, 0.15) is 0 Å². The molecule has 0 bridgehead atoms. The molecule has 5 heteroatoms. The number of nitrogens with one attached hydrogen (secondary N) is 1. The molecule has 1 atom stereocenters. The fraction of sp³-hybridized carbons (Fsp3) is 0.381. The first kappa shape index (κ1) is 18.1. The SMILES string of the molecule is CC(=O)NCc1cccc([C@@H]2CCCN2C(=O)CCc2ccccc2)n1. The van der Waals surface area contributed by atoms with Crippen molar-refractivity contribution < 1.29 is 9.59 Å². The van der Waals surface area contributed by atoms with Gasteiger partial charge < -0.3 is 10.2 Å². The van der Waals surface area contributed by atoms with E-state index in [9.17, 15) is 9.59 Å². The molecule has 0 radical (unpaired) electrons.